The number of halogens is 3. The van der Waals surface area contributed by atoms with Crippen molar-refractivity contribution >= 4 is 23.1 Å². The summed E-state index contributed by atoms with van der Waals surface area (Å²) in [6.45, 7) is 2.81. The molecule has 2 rings (SSSR count). The molecule has 0 atom stereocenters. The van der Waals surface area contributed by atoms with Crippen molar-refractivity contribution in [2.24, 2.45) is 0 Å². The summed E-state index contributed by atoms with van der Waals surface area (Å²) in [4.78, 5) is 7.87. The van der Waals surface area contributed by atoms with E-state index in [4.69, 9.17) is 12.2 Å². The third-order valence-electron chi connectivity index (χ3n) is 3.18. The third-order valence-corrected chi connectivity index (χ3v) is 3.64. The highest BCUT2D eigenvalue weighted by Crippen LogP contribution is 2.29. The molecule has 110 valence electrons. The first-order chi connectivity index (χ1) is 9.41. The van der Waals surface area contributed by atoms with Crippen molar-refractivity contribution in [2.45, 2.75) is 6.18 Å². The van der Waals surface area contributed by atoms with Crippen LogP contribution in [-0.2, 0) is 6.18 Å². The summed E-state index contributed by atoms with van der Waals surface area (Å²) in [5.74, 6) is 0.563. The predicted molar refractivity (Wildman–Crippen MR) is 74.7 cm³/mol. The van der Waals surface area contributed by atoms with Gasteiger partial charge in [0.25, 0.3) is 0 Å². The van der Waals surface area contributed by atoms with Crippen LogP contribution in [-0.4, -0.2) is 48.2 Å². The average Bonchev–Trinajstić information content (AvgIpc) is 2.46. The first-order valence-corrected chi connectivity index (χ1v) is 6.57. The highest BCUT2D eigenvalue weighted by atomic mass is 32.1. The number of hydrogen-bond donors (Lipinski definition) is 1. The van der Waals surface area contributed by atoms with Gasteiger partial charge in [-0.25, -0.2) is 4.98 Å². The van der Waals surface area contributed by atoms with E-state index in [2.05, 4.69) is 10.3 Å². The minimum absolute atomic E-state index is 0.563. The molecule has 0 saturated carbocycles. The maximum absolute atomic E-state index is 12.5. The lowest BCUT2D eigenvalue weighted by Gasteiger charge is -2.36. The van der Waals surface area contributed by atoms with Gasteiger partial charge in [0.1, 0.15) is 5.82 Å². The predicted octanol–water partition coefficient (Wildman–Crippen LogP) is 1.73. The van der Waals surface area contributed by atoms with Crippen molar-refractivity contribution in [3.05, 3.63) is 23.9 Å². The minimum atomic E-state index is -4.34. The summed E-state index contributed by atoms with van der Waals surface area (Å²) in [7, 11) is 1.77. The molecule has 0 aromatic carbocycles. The van der Waals surface area contributed by atoms with Crippen LogP contribution in [0.25, 0.3) is 0 Å². The number of rotatable bonds is 1. The van der Waals surface area contributed by atoms with Crippen LogP contribution in [0.1, 0.15) is 5.56 Å². The van der Waals surface area contributed by atoms with Crippen molar-refractivity contribution in [3.63, 3.8) is 0 Å². The summed E-state index contributed by atoms with van der Waals surface area (Å²) >= 11 is 5.14. The lowest BCUT2D eigenvalue weighted by molar-refractivity contribution is -0.137. The molecule has 1 aliphatic rings. The smallest absolute Gasteiger partial charge is 0.366 e. The van der Waals surface area contributed by atoms with E-state index >= 15 is 0 Å². The van der Waals surface area contributed by atoms with E-state index in [-0.39, 0.29) is 0 Å². The van der Waals surface area contributed by atoms with Crippen molar-refractivity contribution in [2.75, 3.05) is 38.1 Å². The van der Waals surface area contributed by atoms with Crippen LogP contribution in [0.3, 0.4) is 0 Å². The molecule has 4 nitrogen and oxygen atoms in total. The Morgan fingerprint density at radius 2 is 1.90 bits per heavy atom. The molecule has 1 N–H and O–H groups in total. The Morgan fingerprint density at radius 3 is 2.35 bits per heavy atom. The molecule has 1 saturated heterocycles. The van der Waals surface area contributed by atoms with Crippen LogP contribution in [0.2, 0.25) is 0 Å². The molecule has 0 radical (unpaired) electrons. The van der Waals surface area contributed by atoms with Gasteiger partial charge in [-0.15, -0.1) is 0 Å². The normalized spacial score (nSPS) is 16.2. The van der Waals surface area contributed by atoms with Crippen LogP contribution in [0.4, 0.5) is 19.0 Å². The number of aromatic nitrogens is 1. The number of nitrogens with zero attached hydrogens (tertiary/aromatic N) is 3. The quantitative estimate of drug-likeness (QED) is 0.799. The first-order valence-electron chi connectivity index (χ1n) is 6.16. The van der Waals surface area contributed by atoms with Crippen LogP contribution in [0, 0.1) is 0 Å². The second kappa shape index (κ2) is 5.82. The molecule has 1 fully saturated rings. The number of thiocarbonyl (C=S) groups is 1. The number of nitrogens with one attached hydrogen (secondary N) is 1. The third kappa shape index (κ3) is 3.30. The standard InChI is InChI=1S/C12H15F3N4S/c1-16-11(20)19-6-4-18(5-7-19)10-3-2-9(8-17-10)12(13,14)15/h2-3,8H,4-7H2,1H3,(H,16,20). The van der Waals surface area contributed by atoms with Crippen LogP contribution in [0.5, 0.6) is 0 Å². The van der Waals surface area contributed by atoms with Gasteiger partial charge in [0.05, 0.1) is 5.56 Å². The Labute approximate surface area is 120 Å². The largest absolute Gasteiger partial charge is 0.417 e. The van der Waals surface area contributed by atoms with Gasteiger partial charge in [-0.05, 0) is 24.4 Å². The van der Waals surface area contributed by atoms with E-state index in [0.29, 0.717) is 24.0 Å². The van der Waals surface area contributed by atoms with Crippen LogP contribution < -0.4 is 10.2 Å². The number of anilines is 1. The second-order valence-electron chi connectivity index (χ2n) is 4.43. The Kier molecular flexibility index (Phi) is 4.32. The van der Waals surface area contributed by atoms with Gasteiger partial charge >= 0.3 is 6.18 Å². The monoisotopic (exact) mass is 304 g/mol. The molecule has 1 aromatic heterocycles. The Morgan fingerprint density at radius 1 is 1.25 bits per heavy atom. The maximum Gasteiger partial charge on any atom is 0.417 e. The van der Waals surface area contributed by atoms with Gasteiger partial charge in [-0.3, -0.25) is 0 Å². The molecule has 0 amide bonds. The fourth-order valence-corrected chi connectivity index (χ4v) is 2.22. The van der Waals surface area contributed by atoms with E-state index < -0.39 is 11.7 Å². The second-order valence-corrected chi connectivity index (χ2v) is 4.82. The zero-order valence-electron chi connectivity index (χ0n) is 10.9. The zero-order chi connectivity index (χ0) is 14.8. The van der Waals surface area contributed by atoms with Crippen LogP contribution in [0.15, 0.2) is 18.3 Å². The minimum Gasteiger partial charge on any atom is -0.366 e. The molecule has 0 aliphatic carbocycles. The van der Waals surface area contributed by atoms with Gasteiger partial charge in [0, 0.05) is 39.4 Å². The molecule has 2 heterocycles. The zero-order valence-corrected chi connectivity index (χ0v) is 11.8. The number of piperazine rings is 1. The van der Waals surface area contributed by atoms with E-state index in [9.17, 15) is 13.2 Å². The molecular weight excluding hydrogens is 289 g/mol. The van der Waals surface area contributed by atoms with Crippen molar-refractivity contribution in [1.82, 2.24) is 15.2 Å². The van der Waals surface area contributed by atoms with Gasteiger partial charge in [0.15, 0.2) is 5.11 Å². The van der Waals surface area contributed by atoms with E-state index in [0.717, 1.165) is 25.4 Å². The van der Waals surface area contributed by atoms with Crippen LogP contribution >= 0.6 is 12.2 Å². The fourth-order valence-electron chi connectivity index (χ4n) is 2.04. The molecule has 1 aliphatic heterocycles. The number of pyridine rings is 1. The highest BCUT2D eigenvalue weighted by Gasteiger charge is 2.31. The van der Waals surface area contributed by atoms with E-state index in [1.54, 1.807) is 7.05 Å². The van der Waals surface area contributed by atoms with E-state index in [1.807, 2.05) is 9.80 Å². The Bertz CT molecular complexity index is 467. The molecule has 8 heteroatoms. The molecule has 1 aromatic rings. The molecule has 0 bridgehead atoms. The lowest BCUT2D eigenvalue weighted by Crippen LogP contribution is -2.51. The summed E-state index contributed by atoms with van der Waals surface area (Å²) in [6, 6.07) is 2.47. The molecular formula is C12H15F3N4S. The van der Waals surface area contributed by atoms with Gasteiger partial charge in [-0.1, -0.05) is 0 Å². The van der Waals surface area contributed by atoms with Gasteiger partial charge in [0.2, 0.25) is 0 Å². The van der Waals surface area contributed by atoms with Gasteiger partial charge < -0.3 is 15.1 Å². The van der Waals surface area contributed by atoms with E-state index in [1.165, 1.54) is 6.07 Å². The molecule has 0 unspecified atom stereocenters. The number of alkyl halides is 3. The first kappa shape index (κ1) is 14.8. The van der Waals surface area contributed by atoms with Gasteiger partial charge in [-0.2, -0.15) is 13.2 Å². The highest BCUT2D eigenvalue weighted by molar-refractivity contribution is 7.80. The lowest BCUT2D eigenvalue weighted by atomic mass is 10.2. The SMILES string of the molecule is CNC(=S)N1CCN(c2ccc(C(F)(F)F)cn2)CC1. The fraction of sp³-hybridized carbons (Fsp3) is 0.500. The summed E-state index contributed by atoms with van der Waals surface area (Å²) < 4.78 is 37.4. The topological polar surface area (TPSA) is 31.4 Å². The van der Waals surface area contributed by atoms with Crippen molar-refractivity contribution in [1.29, 1.82) is 0 Å². The number of hydrogen-bond acceptors (Lipinski definition) is 3. The molecule has 20 heavy (non-hydrogen) atoms. The molecule has 0 spiro atoms. The Balaban J connectivity index is 1.99. The Hall–Kier alpha value is -1.57. The summed E-state index contributed by atoms with van der Waals surface area (Å²) in [6.07, 6.45) is -3.47. The van der Waals surface area contributed by atoms with Crippen molar-refractivity contribution in [3.8, 4) is 0 Å². The summed E-state index contributed by atoms with van der Waals surface area (Å²) in [5, 5.41) is 3.60. The maximum atomic E-state index is 12.5. The summed E-state index contributed by atoms with van der Waals surface area (Å²) in [5.41, 5.74) is -0.726. The van der Waals surface area contributed by atoms with Crippen molar-refractivity contribution < 1.29 is 13.2 Å². The average molecular weight is 304 g/mol.